The fourth-order valence-electron chi connectivity index (χ4n) is 1.44. The monoisotopic (exact) mass is 270 g/mol. The average Bonchev–Trinajstić information content (AvgIpc) is 2.44. The minimum Gasteiger partial charge on any atom is -0.478 e. The zero-order valence-corrected chi connectivity index (χ0v) is 10.4. The van der Waals surface area contributed by atoms with Crippen molar-refractivity contribution in [2.45, 2.75) is 0 Å². The number of nitriles is 2. The van der Waals surface area contributed by atoms with Gasteiger partial charge in [0.25, 0.3) is 5.91 Å². The van der Waals surface area contributed by atoms with Crippen molar-refractivity contribution in [3.63, 3.8) is 0 Å². The number of carbonyl (C=O) groups excluding carboxylic acids is 1. The number of hydrogen-bond acceptors (Lipinski definition) is 5. The molecule has 1 heterocycles. The van der Waals surface area contributed by atoms with E-state index in [9.17, 15) is 9.59 Å². The minimum absolute atomic E-state index is 0.183. The zero-order chi connectivity index (χ0) is 15.0. The van der Waals surface area contributed by atoms with E-state index in [0.717, 1.165) is 11.0 Å². The van der Waals surface area contributed by atoms with Crippen LogP contribution in [0.2, 0.25) is 0 Å². The molecule has 20 heavy (non-hydrogen) atoms. The number of aliphatic carboxylic acids is 1. The van der Waals surface area contributed by atoms with Crippen LogP contribution in [0.3, 0.4) is 0 Å². The Bertz CT molecular complexity index is 609. The molecule has 0 aliphatic carbocycles. The SMILES string of the molecule is N#CCN(CC#N)C(=O)c1ccncc1C=CC(=O)O. The van der Waals surface area contributed by atoms with Gasteiger partial charge in [0.1, 0.15) is 13.1 Å². The van der Waals surface area contributed by atoms with Crippen LogP contribution >= 0.6 is 0 Å². The summed E-state index contributed by atoms with van der Waals surface area (Å²) in [4.78, 5) is 27.6. The first-order valence-corrected chi connectivity index (χ1v) is 5.48. The molecule has 0 bridgehead atoms. The molecule has 1 amide bonds. The summed E-state index contributed by atoms with van der Waals surface area (Å²) < 4.78 is 0. The minimum atomic E-state index is -1.15. The standard InChI is InChI=1S/C13H10N4O3/c14-4-7-17(8-5-15)13(20)11-3-6-16-9-10(11)1-2-12(18)19/h1-3,6,9H,7-8H2,(H,18,19). The Morgan fingerprint density at radius 3 is 2.55 bits per heavy atom. The van der Waals surface area contributed by atoms with Gasteiger partial charge in [0.2, 0.25) is 0 Å². The fraction of sp³-hybridized carbons (Fsp3) is 0.154. The molecule has 0 atom stereocenters. The molecule has 0 spiro atoms. The first-order chi connectivity index (χ1) is 9.60. The van der Waals surface area contributed by atoms with Gasteiger partial charge in [0, 0.05) is 29.6 Å². The van der Waals surface area contributed by atoms with Crippen LogP contribution in [-0.4, -0.2) is 40.0 Å². The molecule has 1 aromatic rings. The van der Waals surface area contributed by atoms with Crippen LogP contribution in [0.1, 0.15) is 15.9 Å². The first-order valence-electron chi connectivity index (χ1n) is 5.48. The van der Waals surface area contributed by atoms with Crippen LogP contribution in [0.25, 0.3) is 6.08 Å². The lowest BCUT2D eigenvalue weighted by Gasteiger charge is -2.16. The van der Waals surface area contributed by atoms with Crippen LogP contribution in [0.15, 0.2) is 24.5 Å². The molecule has 100 valence electrons. The summed E-state index contributed by atoms with van der Waals surface area (Å²) in [5, 5.41) is 25.9. The number of carboxylic acids is 1. The van der Waals surface area contributed by atoms with Crippen LogP contribution in [0.4, 0.5) is 0 Å². The van der Waals surface area contributed by atoms with Crippen molar-refractivity contribution >= 4 is 18.0 Å². The van der Waals surface area contributed by atoms with Crippen molar-refractivity contribution in [3.8, 4) is 12.1 Å². The highest BCUT2D eigenvalue weighted by molar-refractivity contribution is 5.99. The summed E-state index contributed by atoms with van der Waals surface area (Å²) in [5.74, 6) is -1.68. The summed E-state index contributed by atoms with van der Waals surface area (Å²) in [6, 6.07) is 5.01. The number of aromatic nitrogens is 1. The lowest BCUT2D eigenvalue weighted by Crippen LogP contribution is -2.32. The van der Waals surface area contributed by atoms with Crippen molar-refractivity contribution in [2.24, 2.45) is 0 Å². The molecule has 1 rings (SSSR count). The number of nitrogens with zero attached hydrogens (tertiary/aromatic N) is 4. The Labute approximate surface area is 115 Å². The predicted molar refractivity (Wildman–Crippen MR) is 68.0 cm³/mol. The highest BCUT2D eigenvalue weighted by Crippen LogP contribution is 2.12. The van der Waals surface area contributed by atoms with E-state index in [1.165, 1.54) is 24.5 Å². The molecule has 0 aromatic carbocycles. The van der Waals surface area contributed by atoms with Crippen LogP contribution in [-0.2, 0) is 4.79 Å². The number of carboxylic acid groups (broad SMARTS) is 1. The lowest BCUT2D eigenvalue weighted by atomic mass is 10.1. The Kier molecular flexibility index (Phi) is 5.42. The van der Waals surface area contributed by atoms with Gasteiger partial charge in [-0.1, -0.05) is 0 Å². The molecule has 0 unspecified atom stereocenters. The van der Waals surface area contributed by atoms with E-state index in [0.29, 0.717) is 5.56 Å². The predicted octanol–water partition coefficient (Wildman–Crippen LogP) is 0.669. The molecule has 0 saturated carbocycles. The van der Waals surface area contributed by atoms with Crippen molar-refractivity contribution in [3.05, 3.63) is 35.7 Å². The van der Waals surface area contributed by atoms with E-state index in [4.69, 9.17) is 15.6 Å². The quantitative estimate of drug-likeness (QED) is 0.620. The van der Waals surface area contributed by atoms with Gasteiger partial charge in [-0.2, -0.15) is 10.5 Å². The maximum atomic E-state index is 12.2. The molecule has 0 radical (unpaired) electrons. The Hall–Kier alpha value is -3.19. The van der Waals surface area contributed by atoms with E-state index in [-0.39, 0.29) is 18.7 Å². The summed E-state index contributed by atoms with van der Waals surface area (Å²) >= 11 is 0. The number of pyridine rings is 1. The van der Waals surface area contributed by atoms with Crippen molar-refractivity contribution in [1.29, 1.82) is 10.5 Å². The lowest BCUT2D eigenvalue weighted by molar-refractivity contribution is -0.131. The third-order valence-electron chi connectivity index (χ3n) is 2.30. The molecular formula is C13H10N4O3. The first kappa shape index (κ1) is 14.9. The van der Waals surface area contributed by atoms with E-state index in [1.807, 2.05) is 0 Å². The molecule has 0 fully saturated rings. The number of hydrogen-bond donors (Lipinski definition) is 1. The van der Waals surface area contributed by atoms with Gasteiger partial charge < -0.3 is 10.0 Å². The van der Waals surface area contributed by atoms with Crippen molar-refractivity contribution in [1.82, 2.24) is 9.88 Å². The number of rotatable bonds is 5. The molecule has 1 aromatic heterocycles. The van der Waals surface area contributed by atoms with E-state index in [1.54, 1.807) is 12.1 Å². The summed E-state index contributed by atoms with van der Waals surface area (Å²) in [6.45, 7) is -0.451. The molecule has 7 heteroatoms. The maximum Gasteiger partial charge on any atom is 0.328 e. The molecular weight excluding hydrogens is 260 g/mol. The molecule has 1 N–H and O–H groups in total. The largest absolute Gasteiger partial charge is 0.478 e. The van der Waals surface area contributed by atoms with Crippen LogP contribution in [0, 0.1) is 22.7 Å². The van der Waals surface area contributed by atoms with Crippen LogP contribution in [0.5, 0.6) is 0 Å². The number of carbonyl (C=O) groups is 2. The smallest absolute Gasteiger partial charge is 0.328 e. The molecule has 0 aliphatic rings. The normalized spacial score (nSPS) is 9.70. The second kappa shape index (κ2) is 7.29. The average molecular weight is 270 g/mol. The van der Waals surface area contributed by atoms with Gasteiger partial charge in [-0.25, -0.2) is 4.79 Å². The second-order valence-electron chi connectivity index (χ2n) is 3.61. The topological polar surface area (TPSA) is 118 Å². The molecule has 0 aliphatic heterocycles. The summed E-state index contributed by atoms with van der Waals surface area (Å²) in [7, 11) is 0. The molecule has 0 saturated heterocycles. The Balaban J connectivity index is 3.12. The molecule has 7 nitrogen and oxygen atoms in total. The van der Waals surface area contributed by atoms with Gasteiger partial charge in [-0.15, -0.1) is 0 Å². The highest BCUT2D eigenvalue weighted by atomic mass is 16.4. The van der Waals surface area contributed by atoms with Crippen molar-refractivity contribution in [2.75, 3.05) is 13.1 Å². The fourth-order valence-corrected chi connectivity index (χ4v) is 1.44. The van der Waals surface area contributed by atoms with Gasteiger partial charge in [0.05, 0.1) is 12.1 Å². The van der Waals surface area contributed by atoms with Gasteiger partial charge in [0.15, 0.2) is 0 Å². The van der Waals surface area contributed by atoms with E-state index < -0.39 is 11.9 Å². The summed E-state index contributed by atoms with van der Waals surface area (Å²) in [6.07, 6.45) is 4.83. The highest BCUT2D eigenvalue weighted by Gasteiger charge is 2.17. The maximum absolute atomic E-state index is 12.2. The third kappa shape index (κ3) is 3.93. The Morgan fingerprint density at radius 1 is 1.35 bits per heavy atom. The van der Waals surface area contributed by atoms with Gasteiger partial charge in [-0.3, -0.25) is 9.78 Å². The summed E-state index contributed by atoms with van der Waals surface area (Å²) in [5.41, 5.74) is 0.490. The second-order valence-corrected chi connectivity index (χ2v) is 3.61. The third-order valence-corrected chi connectivity index (χ3v) is 2.30. The van der Waals surface area contributed by atoms with Crippen molar-refractivity contribution < 1.29 is 14.7 Å². The Morgan fingerprint density at radius 2 is 2.00 bits per heavy atom. The zero-order valence-electron chi connectivity index (χ0n) is 10.4. The van der Waals surface area contributed by atoms with E-state index in [2.05, 4.69) is 4.98 Å². The van der Waals surface area contributed by atoms with Gasteiger partial charge in [-0.05, 0) is 12.1 Å². The van der Waals surface area contributed by atoms with Crippen LogP contribution < -0.4 is 0 Å². The van der Waals surface area contributed by atoms with E-state index >= 15 is 0 Å². The number of amides is 1. The van der Waals surface area contributed by atoms with Gasteiger partial charge >= 0.3 is 5.97 Å².